The normalized spacial score (nSPS) is 10.5. The SMILES string of the molecule is CC(C)c1onc(C(=O)O)c1C(=O)O. The number of carbonyl (C=O) groups is 2. The van der Waals surface area contributed by atoms with Crippen LogP contribution in [-0.4, -0.2) is 27.3 Å². The number of aromatic nitrogens is 1. The molecule has 0 aromatic carbocycles. The van der Waals surface area contributed by atoms with Crippen LogP contribution in [0.3, 0.4) is 0 Å². The van der Waals surface area contributed by atoms with Gasteiger partial charge in [0.15, 0.2) is 5.76 Å². The molecule has 0 fully saturated rings. The first kappa shape index (κ1) is 10.2. The Bertz CT molecular complexity index is 379. The summed E-state index contributed by atoms with van der Waals surface area (Å²) >= 11 is 0. The molecule has 1 rings (SSSR count). The first-order valence-electron chi connectivity index (χ1n) is 3.91. The number of nitrogens with zero attached hydrogens (tertiary/aromatic N) is 1. The van der Waals surface area contributed by atoms with Gasteiger partial charge in [0, 0.05) is 5.92 Å². The Morgan fingerprint density at radius 1 is 1.29 bits per heavy atom. The second-order valence-corrected chi connectivity index (χ2v) is 3.04. The van der Waals surface area contributed by atoms with E-state index in [0.29, 0.717) is 0 Å². The van der Waals surface area contributed by atoms with Gasteiger partial charge in [-0.3, -0.25) is 0 Å². The molecule has 1 aromatic heterocycles. The summed E-state index contributed by atoms with van der Waals surface area (Å²) in [5.41, 5.74) is -0.922. The lowest BCUT2D eigenvalue weighted by Crippen LogP contribution is -2.08. The highest BCUT2D eigenvalue weighted by molar-refractivity contribution is 6.00. The summed E-state index contributed by atoms with van der Waals surface area (Å²) in [5.74, 6) is -2.89. The number of rotatable bonds is 3. The zero-order chi connectivity index (χ0) is 10.9. The van der Waals surface area contributed by atoms with Crippen LogP contribution < -0.4 is 0 Å². The number of aromatic carboxylic acids is 2. The second kappa shape index (κ2) is 3.49. The Morgan fingerprint density at radius 2 is 1.86 bits per heavy atom. The molecular formula is C8H9NO5. The zero-order valence-electron chi connectivity index (χ0n) is 7.64. The van der Waals surface area contributed by atoms with Crippen LogP contribution in [0.1, 0.15) is 46.4 Å². The fourth-order valence-corrected chi connectivity index (χ4v) is 1.05. The van der Waals surface area contributed by atoms with Gasteiger partial charge in [-0.1, -0.05) is 19.0 Å². The van der Waals surface area contributed by atoms with E-state index in [1.807, 2.05) is 0 Å². The maximum atomic E-state index is 10.7. The minimum atomic E-state index is -1.40. The van der Waals surface area contributed by atoms with Crippen molar-refractivity contribution in [3.63, 3.8) is 0 Å². The van der Waals surface area contributed by atoms with Crippen LogP contribution in [0, 0.1) is 0 Å². The van der Waals surface area contributed by atoms with Gasteiger partial charge in [-0.25, -0.2) is 9.59 Å². The van der Waals surface area contributed by atoms with Crippen LogP contribution in [0.2, 0.25) is 0 Å². The van der Waals surface area contributed by atoms with E-state index in [2.05, 4.69) is 9.68 Å². The van der Waals surface area contributed by atoms with E-state index in [1.54, 1.807) is 13.8 Å². The minimum Gasteiger partial charge on any atom is -0.477 e. The van der Waals surface area contributed by atoms with Gasteiger partial charge in [0.1, 0.15) is 5.56 Å². The molecule has 0 aliphatic heterocycles. The summed E-state index contributed by atoms with van der Waals surface area (Å²) in [4.78, 5) is 21.3. The third-order valence-corrected chi connectivity index (χ3v) is 1.66. The molecule has 6 nitrogen and oxygen atoms in total. The molecule has 6 heteroatoms. The predicted molar refractivity (Wildman–Crippen MR) is 44.5 cm³/mol. The monoisotopic (exact) mass is 199 g/mol. The molecule has 0 saturated heterocycles. The Balaban J connectivity index is 3.35. The van der Waals surface area contributed by atoms with E-state index < -0.39 is 17.6 Å². The lowest BCUT2D eigenvalue weighted by atomic mass is 10.1. The molecule has 0 spiro atoms. The first-order chi connectivity index (χ1) is 6.45. The highest BCUT2D eigenvalue weighted by Gasteiger charge is 2.28. The maximum Gasteiger partial charge on any atom is 0.359 e. The van der Waals surface area contributed by atoms with Crippen molar-refractivity contribution in [1.82, 2.24) is 5.16 Å². The third-order valence-electron chi connectivity index (χ3n) is 1.66. The molecule has 76 valence electrons. The summed E-state index contributed by atoms with van der Waals surface area (Å²) in [6, 6.07) is 0. The Labute approximate surface area is 79.1 Å². The fraction of sp³-hybridized carbons (Fsp3) is 0.375. The Morgan fingerprint density at radius 3 is 2.21 bits per heavy atom. The molecule has 0 bridgehead atoms. The fourth-order valence-electron chi connectivity index (χ4n) is 1.05. The highest BCUT2D eigenvalue weighted by Crippen LogP contribution is 2.22. The van der Waals surface area contributed by atoms with Crippen LogP contribution >= 0.6 is 0 Å². The van der Waals surface area contributed by atoms with Crippen molar-refractivity contribution in [3.8, 4) is 0 Å². The molecule has 0 saturated carbocycles. The summed E-state index contributed by atoms with van der Waals surface area (Å²) in [6.45, 7) is 3.39. The minimum absolute atomic E-state index is 0.0786. The molecule has 1 aromatic rings. The largest absolute Gasteiger partial charge is 0.477 e. The maximum absolute atomic E-state index is 10.7. The topological polar surface area (TPSA) is 101 Å². The lowest BCUT2D eigenvalue weighted by Gasteiger charge is -1.99. The molecule has 0 unspecified atom stereocenters. The van der Waals surface area contributed by atoms with E-state index >= 15 is 0 Å². The molecule has 0 aliphatic carbocycles. The standard InChI is InChI=1S/C8H9NO5/c1-3(2)6-4(7(10)11)5(8(12)13)9-14-6/h3H,1-2H3,(H,10,11)(H,12,13). The van der Waals surface area contributed by atoms with E-state index in [4.69, 9.17) is 10.2 Å². The second-order valence-electron chi connectivity index (χ2n) is 3.04. The van der Waals surface area contributed by atoms with Gasteiger partial charge in [0.25, 0.3) is 0 Å². The molecule has 0 atom stereocenters. The molecule has 1 heterocycles. The number of carboxylic acid groups (broad SMARTS) is 2. The van der Waals surface area contributed by atoms with Crippen molar-refractivity contribution in [3.05, 3.63) is 17.0 Å². The van der Waals surface area contributed by atoms with Crippen molar-refractivity contribution >= 4 is 11.9 Å². The van der Waals surface area contributed by atoms with Gasteiger partial charge in [-0.2, -0.15) is 0 Å². The van der Waals surface area contributed by atoms with Crippen LogP contribution in [0.4, 0.5) is 0 Å². The smallest absolute Gasteiger partial charge is 0.359 e. The van der Waals surface area contributed by atoms with Crippen molar-refractivity contribution in [2.75, 3.05) is 0 Å². The number of hydrogen-bond acceptors (Lipinski definition) is 4. The molecule has 0 amide bonds. The number of hydrogen-bond donors (Lipinski definition) is 2. The van der Waals surface area contributed by atoms with Gasteiger partial charge in [0.05, 0.1) is 0 Å². The van der Waals surface area contributed by atoms with Gasteiger partial charge >= 0.3 is 11.9 Å². The van der Waals surface area contributed by atoms with Crippen LogP contribution in [0.25, 0.3) is 0 Å². The van der Waals surface area contributed by atoms with Crippen molar-refractivity contribution < 1.29 is 24.3 Å². The van der Waals surface area contributed by atoms with Crippen molar-refractivity contribution in [2.45, 2.75) is 19.8 Å². The molecule has 2 N–H and O–H groups in total. The summed E-state index contributed by atoms with van der Waals surface area (Å²) in [6.07, 6.45) is 0. The summed E-state index contributed by atoms with van der Waals surface area (Å²) < 4.78 is 4.67. The Kier molecular flexibility index (Phi) is 2.55. The zero-order valence-corrected chi connectivity index (χ0v) is 7.64. The summed E-state index contributed by atoms with van der Waals surface area (Å²) in [5, 5.41) is 20.6. The van der Waals surface area contributed by atoms with E-state index in [-0.39, 0.29) is 17.2 Å². The van der Waals surface area contributed by atoms with Gasteiger partial charge in [-0.15, -0.1) is 0 Å². The van der Waals surface area contributed by atoms with E-state index in [9.17, 15) is 9.59 Å². The molecule has 0 radical (unpaired) electrons. The van der Waals surface area contributed by atoms with Crippen LogP contribution in [0.15, 0.2) is 4.52 Å². The van der Waals surface area contributed by atoms with Gasteiger partial charge < -0.3 is 14.7 Å². The van der Waals surface area contributed by atoms with Crippen LogP contribution in [0.5, 0.6) is 0 Å². The third kappa shape index (κ3) is 1.59. The lowest BCUT2D eigenvalue weighted by molar-refractivity contribution is 0.0647. The van der Waals surface area contributed by atoms with E-state index in [1.165, 1.54) is 0 Å². The Hall–Kier alpha value is -1.85. The first-order valence-corrected chi connectivity index (χ1v) is 3.91. The highest BCUT2D eigenvalue weighted by atomic mass is 16.5. The summed E-state index contributed by atoms with van der Waals surface area (Å²) in [7, 11) is 0. The quantitative estimate of drug-likeness (QED) is 0.758. The number of carboxylic acids is 2. The predicted octanol–water partition coefficient (Wildman–Crippen LogP) is 1.19. The van der Waals surface area contributed by atoms with E-state index in [0.717, 1.165) is 0 Å². The molecule has 0 aliphatic rings. The van der Waals surface area contributed by atoms with Crippen molar-refractivity contribution in [1.29, 1.82) is 0 Å². The average molecular weight is 199 g/mol. The molecular weight excluding hydrogens is 190 g/mol. The van der Waals surface area contributed by atoms with Gasteiger partial charge in [-0.05, 0) is 0 Å². The molecule has 14 heavy (non-hydrogen) atoms. The van der Waals surface area contributed by atoms with Crippen molar-refractivity contribution in [2.24, 2.45) is 0 Å². The van der Waals surface area contributed by atoms with Gasteiger partial charge in [0.2, 0.25) is 5.69 Å². The van der Waals surface area contributed by atoms with Crippen LogP contribution in [-0.2, 0) is 0 Å². The average Bonchev–Trinajstić information content (AvgIpc) is 2.46.